The zero-order valence-electron chi connectivity index (χ0n) is 15.9. The van der Waals surface area contributed by atoms with Gasteiger partial charge in [-0.2, -0.15) is 0 Å². The molecule has 3 aromatic carbocycles. The molecule has 27 heavy (non-hydrogen) atoms. The lowest BCUT2D eigenvalue weighted by molar-refractivity contribution is 0.312. The molecule has 0 aromatic heterocycles. The van der Waals surface area contributed by atoms with Crippen LogP contribution >= 0.6 is 0 Å². The van der Waals surface area contributed by atoms with Gasteiger partial charge in [0.2, 0.25) is 0 Å². The quantitative estimate of drug-likeness (QED) is 0.493. The Morgan fingerprint density at radius 2 is 1.44 bits per heavy atom. The summed E-state index contributed by atoms with van der Waals surface area (Å²) in [6, 6.07) is 26.9. The van der Waals surface area contributed by atoms with Gasteiger partial charge in [0.15, 0.2) is 0 Å². The topological polar surface area (TPSA) is 30.5 Å². The lowest BCUT2D eigenvalue weighted by Crippen LogP contribution is -2.07. The van der Waals surface area contributed by atoms with E-state index in [9.17, 15) is 0 Å². The van der Waals surface area contributed by atoms with Crippen LogP contribution in [-0.2, 0) is 12.8 Å². The van der Waals surface area contributed by atoms with Crippen LogP contribution in [-0.4, -0.2) is 20.3 Å². The maximum absolute atomic E-state index is 6.01. The van der Waals surface area contributed by atoms with E-state index in [2.05, 4.69) is 47.8 Å². The summed E-state index contributed by atoms with van der Waals surface area (Å²) in [7, 11) is 1.69. The SMILES string of the molecule is COc1ccc(CCNc2ccccc2OCCCc2ccccc2)cc1. The number of anilines is 1. The molecule has 0 saturated heterocycles. The second kappa shape index (κ2) is 10.3. The van der Waals surface area contributed by atoms with Gasteiger partial charge in [-0.05, 0) is 54.7 Å². The van der Waals surface area contributed by atoms with Crippen LogP contribution in [0.2, 0.25) is 0 Å². The fourth-order valence-electron chi connectivity index (χ4n) is 2.98. The van der Waals surface area contributed by atoms with Crippen LogP contribution in [0.1, 0.15) is 17.5 Å². The van der Waals surface area contributed by atoms with E-state index < -0.39 is 0 Å². The lowest BCUT2D eigenvalue weighted by Gasteiger charge is -2.13. The second-order valence-corrected chi connectivity index (χ2v) is 6.46. The Balaban J connectivity index is 1.45. The molecule has 3 aromatic rings. The molecule has 0 aliphatic rings. The van der Waals surface area contributed by atoms with Gasteiger partial charge in [0.25, 0.3) is 0 Å². The number of nitrogens with one attached hydrogen (secondary N) is 1. The highest BCUT2D eigenvalue weighted by Gasteiger charge is 2.03. The molecule has 0 spiro atoms. The van der Waals surface area contributed by atoms with Gasteiger partial charge < -0.3 is 14.8 Å². The molecule has 140 valence electrons. The van der Waals surface area contributed by atoms with Crippen LogP contribution in [0.25, 0.3) is 0 Å². The van der Waals surface area contributed by atoms with Crippen LogP contribution in [0.15, 0.2) is 78.9 Å². The van der Waals surface area contributed by atoms with E-state index in [4.69, 9.17) is 9.47 Å². The number of hydrogen-bond donors (Lipinski definition) is 1. The first-order valence-electron chi connectivity index (χ1n) is 9.48. The number of hydrogen-bond acceptors (Lipinski definition) is 3. The fourth-order valence-corrected chi connectivity index (χ4v) is 2.98. The first-order chi connectivity index (χ1) is 13.3. The van der Waals surface area contributed by atoms with Gasteiger partial charge in [0, 0.05) is 6.54 Å². The molecule has 3 rings (SSSR count). The summed E-state index contributed by atoms with van der Waals surface area (Å²) < 4.78 is 11.2. The molecule has 0 atom stereocenters. The molecule has 1 N–H and O–H groups in total. The van der Waals surface area contributed by atoms with E-state index in [-0.39, 0.29) is 0 Å². The Labute approximate surface area is 162 Å². The van der Waals surface area contributed by atoms with Crippen LogP contribution in [0.3, 0.4) is 0 Å². The summed E-state index contributed by atoms with van der Waals surface area (Å²) in [4.78, 5) is 0. The normalized spacial score (nSPS) is 10.4. The number of aryl methyl sites for hydroxylation is 1. The molecule has 3 nitrogen and oxygen atoms in total. The standard InChI is InChI=1S/C24H27NO2/c1-26-22-15-13-21(14-16-22)17-18-25-23-11-5-6-12-24(23)27-19-7-10-20-8-3-2-4-9-20/h2-6,8-9,11-16,25H,7,10,17-19H2,1H3. The molecular formula is C24H27NO2. The third-order valence-corrected chi connectivity index (χ3v) is 4.49. The predicted octanol–water partition coefficient (Wildman–Crippen LogP) is 5.36. The molecule has 3 heteroatoms. The van der Waals surface area contributed by atoms with Crippen molar-refractivity contribution in [2.45, 2.75) is 19.3 Å². The Morgan fingerprint density at radius 1 is 0.741 bits per heavy atom. The van der Waals surface area contributed by atoms with E-state index in [1.165, 1.54) is 11.1 Å². The van der Waals surface area contributed by atoms with E-state index in [1.807, 2.05) is 36.4 Å². The summed E-state index contributed by atoms with van der Waals surface area (Å²) in [5.74, 6) is 1.81. The highest BCUT2D eigenvalue weighted by Crippen LogP contribution is 2.24. The molecule has 0 aliphatic heterocycles. The van der Waals surface area contributed by atoms with Gasteiger partial charge in [0.05, 0.1) is 19.4 Å². The van der Waals surface area contributed by atoms with Crippen LogP contribution in [0.4, 0.5) is 5.69 Å². The maximum atomic E-state index is 6.01. The summed E-state index contributed by atoms with van der Waals surface area (Å²) in [5, 5.41) is 3.49. The van der Waals surface area contributed by atoms with Crippen molar-refractivity contribution < 1.29 is 9.47 Å². The molecule has 0 saturated carbocycles. The van der Waals surface area contributed by atoms with Crippen molar-refractivity contribution in [3.8, 4) is 11.5 Å². The third kappa shape index (κ3) is 6.07. The average Bonchev–Trinajstić information content (AvgIpc) is 2.73. The van der Waals surface area contributed by atoms with E-state index in [0.29, 0.717) is 6.61 Å². The van der Waals surface area contributed by atoms with Gasteiger partial charge >= 0.3 is 0 Å². The highest BCUT2D eigenvalue weighted by molar-refractivity contribution is 5.56. The van der Waals surface area contributed by atoms with Gasteiger partial charge in [0.1, 0.15) is 11.5 Å². The van der Waals surface area contributed by atoms with E-state index in [0.717, 1.165) is 43.0 Å². The van der Waals surface area contributed by atoms with Gasteiger partial charge in [-0.3, -0.25) is 0 Å². The van der Waals surface area contributed by atoms with Crippen LogP contribution in [0.5, 0.6) is 11.5 Å². The summed E-state index contributed by atoms with van der Waals surface area (Å²) >= 11 is 0. The lowest BCUT2D eigenvalue weighted by atomic mass is 10.1. The molecule has 0 bridgehead atoms. The molecular weight excluding hydrogens is 334 g/mol. The number of rotatable bonds is 10. The maximum Gasteiger partial charge on any atom is 0.142 e. The highest BCUT2D eigenvalue weighted by atomic mass is 16.5. The largest absolute Gasteiger partial charge is 0.497 e. The zero-order chi connectivity index (χ0) is 18.7. The van der Waals surface area contributed by atoms with Gasteiger partial charge in [-0.1, -0.05) is 54.6 Å². The van der Waals surface area contributed by atoms with Gasteiger partial charge in [-0.25, -0.2) is 0 Å². The molecule has 0 unspecified atom stereocenters. The first kappa shape index (κ1) is 18.8. The van der Waals surface area contributed by atoms with Crippen molar-refractivity contribution in [2.24, 2.45) is 0 Å². The van der Waals surface area contributed by atoms with Crippen molar-refractivity contribution >= 4 is 5.69 Å². The third-order valence-electron chi connectivity index (χ3n) is 4.49. The first-order valence-corrected chi connectivity index (χ1v) is 9.48. The summed E-state index contributed by atoms with van der Waals surface area (Å²) in [5.41, 5.74) is 3.68. The zero-order valence-corrected chi connectivity index (χ0v) is 15.9. The second-order valence-electron chi connectivity index (χ2n) is 6.46. The van der Waals surface area contributed by atoms with Crippen LogP contribution < -0.4 is 14.8 Å². The molecule has 0 aliphatic carbocycles. The van der Waals surface area contributed by atoms with Crippen molar-refractivity contribution in [1.82, 2.24) is 0 Å². The van der Waals surface area contributed by atoms with Crippen LogP contribution in [0, 0.1) is 0 Å². The van der Waals surface area contributed by atoms with E-state index >= 15 is 0 Å². The van der Waals surface area contributed by atoms with E-state index in [1.54, 1.807) is 7.11 Å². The monoisotopic (exact) mass is 361 g/mol. The summed E-state index contributed by atoms with van der Waals surface area (Å²) in [6.45, 7) is 1.57. The number of methoxy groups -OCH3 is 1. The minimum atomic E-state index is 0.714. The predicted molar refractivity (Wildman–Crippen MR) is 112 cm³/mol. The Bertz CT molecular complexity index is 800. The van der Waals surface area contributed by atoms with Crippen molar-refractivity contribution in [2.75, 3.05) is 25.6 Å². The molecule has 0 fully saturated rings. The van der Waals surface area contributed by atoms with Gasteiger partial charge in [-0.15, -0.1) is 0 Å². The Kier molecular flexibility index (Phi) is 7.16. The minimum Gasteiger partial charge on any atom is -0.497 e. The Hall–Kier alpha value is -2.94. The Morgan fingerprint density at radius 3 is 2.22 bits per heavy atom. The smallest absolute Gasteiger partial charge is 0.142 e. The fraction of sp³-hybridized carbons (Fsp3) is 0.250. The number of ether oxygens (including phenoxy) is 2. The average molecular weight is 361 g/mol. The number of benzene rings is 3. The molecule has 0 heterocycles. The van der Waals surface area contributed by atoms with Crippen molar-refractivity contribution in [3.63, 3.8) is 0 Å². The molecule has 0 radical (unpaired) electrons. The summed E-state index contributed by atoms with van der Waals surface area (Å²) in [6.07, 6.45) is 2.99. The van der Waals surface area contributed by atoms with Crippen molar-refractivity contribution in [1.29, 1.82) is 0 Å². The minimum absolute atomic E-state index is 0.714. The number of para-hydroxylation sites is 2. The van der Waals surface area contributed by atoms with Crippen molar-refractivity contribution in [3.05, 3.63) is 90.0 Å². The molecule has 0 amide bonds.